The lowest BCUT2D eigenvalue weighted by Crippen LogP contribution is -2.30. The van der Waals surface area contributed by atoms with Crippen LogP contribution in [0.25, 0.3) is 0 Å². The number of nitrogens with zero attached hydrogens (tertiary/aromatic N) is 3. The van der Waals surface area contributed by atoms with Crippen LogP contribution in [0.2, 0.25) is 0 Å². The zero-order valence-electron chi connectivity index (χ0n) is 22.1. The monoisotopic (exact) mass is 500 g/mol. The third kappa shape index (κ3) is 11.2. The Bertz CT molecular complexity index is 1010. The molecule has 2 heterocycles. The molecule has 1 aromatic carbocycles. The maximum absolute atomic E-state index is 11.1. The van der Waals surface area contributed by atoms with Gasteiger partial charge in [0.05, 0.1) is 24.5 Å². The SMILES string of the molecule is C#C.CC(C)C.CNC.Cc1c(C=O)cccc1Nc1nsnc1N(N)Cc1cc(C(C)C)co1. The molecule has 2 aromatic heterocycles. The zero-order valence-corrected chi connectivity index (χ0v) is 22.9. The first kappa shape index (κ1) is 31.8. The van der Waals surface area contributed by atoms with Crippen molar-refractivity contribution in [2.24, 2.45) is 11.8 Å². The summed E-state index contributed by atoms with van der Waals surface area (Å²) < 4.78 is 14.1. The molecule has 0 atom stereocenters. The molecule has 0 radical (unpaired) electrons. The van der Waals surface area contributed by atoms with Gasteiger partial charge in [0.2, 0.25) is 5.82 Å². The number of nitrogens with two attached hydrogens (primary N) is 1. The molecule has 192 valence electrons. The smallest absolute Gasteiger partial charge is 0.201 e. The van der Waals surface area contributed by atoms with E-state index >= 15 is 0 Å². The summed E-state index contributed by atoms with van der Waals surface area (Å²) in [4.78, 5) is 11.1. The number of furan rings is 1. The first-order chi connectivity index (χ1) is 16.6. The normalized spacial score (nSPS) is 9.74. The van der Waals surface area contributed by atoms with Crippen LogP contribution in [0, 0.1) is 25.7 Å². The molecule has 0 bridgehead atoms. The average molecular weight is 501 g/mol. The molecular weight excluding hydrogens is 460 g/mol. The second-order valence-corrected chi connectivity index (χ2v) is 9.09. The Kier molecular flexibility index (Phi) is 15.7. The van der Waals surface area contributed by atoms with Crippen LogP contribution >= 0.6 is 11.7 Å². The standard InChI is InChI=1S/C18H21N5O2S.C4H10.C2H7N.C2H2/c1-11(2)14-7-15(25-10-14)8-23(19)18-17(21-26-22-18)20-16-6-4-5-13(9-24)12(16)3;1-4(2)3;1-3-2;1-2/h4-7,9-11H,8,19H2,1-3H3,(H,20,21);4H,1-3H3;3H,1-2H3;1-2H. The van der Waals surface area contributed by atoms with Crippen LogP contribution in [0.15, 0.2) is 34.9 Å². The van der Waals surface area contributed by atoms with Gasteiger partial charge in [0.1, 0.15) is 12.0 Å². The average Bonchev–Trinajstić information content (AvgIpc) is 3.46. The Balaban J connectivity index is 0.00000112. The van der Waals surface area contributed by atoms with Crippen molar-refractivity contribution in [3.8, 4) is 12.8 Å². The number of terminal acetylenes is 1. The van der Waals surface area contributed by atoms with Gasteiger partial charge in [-0.15, -0.1) is 12.8 Å². The number of benzene rings is 1. The molecule has 0 aliphatic heterocycles. The van der Waals surface area contributed by atoms with Gasteiger partial charge >= 0.3 is 0 Å². The third-order valence-electron chi connectivity index (χ3n) is 4.17. The van der Waals surface area contributed by atoms with Gasteiger partial charge in [0.15, 0.2) is 5.82 Å². The predicted molar refractivity (Wildman–Crippen MR) is 148 cm³/mol. The predicted octanol–water partition coefficient (Wildman–Crippen LogP) is 5.75. The molecular formula is C26H40N6O2S. The fourth-order valence-electron chi connectivity index (χ4n) is 2.52. The van der Waals surface area contributed by atoms with Crippen molar-refractivity contribution in [2.45, 2.75) is 54.0 Å². The summed E-state index contributed by atoms with van der Waals surface area (Å²) in [5.41, 5.74) is 3.39. The number of aldehydes is 1. The molecule has 8 nitrogen and oxygen atoms in total. The highest BCUT2D eigenvalue weighted by molar-refractivity contribution is 6.99. The molecule has 0 aliphatic carbocycles. The van der Waals surface area contributed by atoms with Gasteiger partial charge < -0.3 is 15.1 Å². The number of carbonyl (C=O) groups excluding carboxylic acids is 1. The highest BCUT2D eigenvalue weighted by Crippen LogP contribution is 2.29. The van der Waals surface area contributed by atoms with E-state index in [9.17, 15) is 4.79 Å². The van der Waals surface area contributed by atoms with E-state index in [0.29, 0.717) is 29.7 Å². The van der Waals surface area contributed by atoms with Crippen molar-refractivity contribution < 1.29 is 9.21 Å². The quantitative estimate of drug-likeness (QED) is 0.163. The van der Waals surface area contributed by atoms with Gasteiger partial charge in [-0.2, -0.15) is 8.75 Å². The summed E-state index contributed by atoms with van der Waals surface area (Å²) in [6, 6.07) is 7.46. The zero-order chi connectivity index (χ0) is 27.0. The molecule has 0 aliphatic rings. The number of anilines is 3. The lowest BCUT2D eigenvalue weighted by molar-refractivity contribution is 0.112. The van der Waals surface area contributed by atoms with E-state index < -0.39 is 0 Å². The molecule has 4 N–H and O–H groups in total. The molecule has 0 saturated carbocycles. The van der Waals surface area contributed by atoms with Crippen LogP contribution in [0.3, 0.4) is 0 Å². The lowest BCUT2D eigenvalue weighted by atomic mass is 10.1. The summed E-state index contributed by atoms with van der Waals surface area (Å²) in [7, 11) is 3.75. The Morgan fingerprint density at radius 1 is 1.17 bits per heavy atom. The van der Waals surface area contributed by atoms with E-state index in [1.807, 2.05) is 39.2 Å². The number of hydrogen-bond donors (Lipinski definition) is 3. The fraction of sp³-hybridized carbons (Fsp3) is 0.423. The summed E-state index contributed by atoms with van der Waals surface area (Å²) in [6.07, 6.45) is 10.6. The largest absolute Gasteiger partial charge is 0.467 e. The van der Waals surface area contributed by atoms with Crippen LogP contribution in [0.1, 0.15) is 67.8 Å². The number of hydrogen-bond acceptors (Lipinski definition) is 9. The van der Waals surface area contributed by atoms with Crippen molar-refractivity contribution in [3.05, 3.63) is 53.0 Å². The maximum Gasteiger partial charge on any atom is 0.201 e. The van der Waals surface area contributed by atoms with Crippen molar-refractivity contribution >= 4 is 35.3 Å². The number of aromatic nitrogens is 2. The van der Waals surface area contributed by atoms with Gasteiger partial charge in [0, 0.05) is 11.3 Å². The molecule has 3 aromatic rings. The third-order valence-corrected chi connectivity index (χ3v) is 4.68. The summed E-state index contributed by atoms with van der Waals surface area (Å²) >= 11 is 1.07. The van der Waals surface area contributed by atoms with Crippen LogP contribution in [0.4, 0.5) is 17.3 Å². The second-order valence-electron chi connectivity index (χ2n) is 8.56. The molecule has 35 heavy (non-hydrogen) atoms. The minimum atomic E-state index is 0.375. The van der Waals surface area contributed by atoms with Crippen LogP contribution in [-0.2, 0) is 6.54 Å². The highest BCUT2D eigenvalue weighted by Gasteiger charge is 2.17. The number of carbonyl (C=O) groups is 1. The van der Waals surface area contributed by atoms with E-state index in [1.54, 1.807) is 12.3 Å². The number of nitrogens with one attached hydrogen (secondary N) is 2. The molecule has 0 fully saturated rings. The first-order valence-electron chi connectivity index (χ1n) is 11.3. The Hall–Kier alpha value is -3.19. The summed E-state index contributed by atoms with van der Waals surface area (Å²) in [5.74, 6) is 9.23. The lowest BCUT2D eigenvalue weighted by Gasteiger charge is -2.16. The minimum Gasteiger partial charge on any atom is -0.467 e. The van der Waals surface area contributed by atoms with Crippen LogP contribution in [-0.4, -0.2) is 29.1 Å². The second kappa shape index (κ2) is 17.3. The minimum absolute atomic E-state index is 0.375. The molecule has 0 amide bonds. The van der Waals surface area contributed by atoms with Crippen molar-refractivity contribution in [1.29, 1.82) is 0 Å². The summed E-state index contributed by atoms with van der Waals surface area (Å²) in [6.45, 7) is 13.0. The van der Waals surface area contributed by atoms with Gasteiger partial charge in [-0.1, -0.05) is 46.8 Å². The van der Waals surface area contributed by atoms with Crippen molar-refractivity contribution in [2.75, 3.05) is 24.4 Å². The number of hydrazine groups is 1. The maximum atomic E-state index is 11.1. The van der Waals surface area contributed by atoms with Crippen LogP contribution in [0.5, 0.6) is 0 Å². The highest BCUT2D eigenvalue weighted by atomic mass is 32.1. The van der Waals surface area contributed by atoms with E-state index in [0.717, 1.165) is 46.5 Å². The topological polar surface area (TPSA) is 109 Å². The van der Waals surface area contributed by atoms with Gasteiger partial charge in [0.25, 0.3) is 0 Å². The van der Waals surface area contributed by atoms with E-state index in [1.165, 1.54) is 5.01 Å². The van der Waals surface area contributed by atoms with Gasteiger partial charge in [-0.25, -0.2) is 5.84 Å². The molecule has 0 unspecified atom stereocenters. The van der Waals surface area contributed by atoms with E-state index in [4.69, 9.17) is 10.3 Å². The summed E-state index contributed by atoms with van der Waals surface area (Å²) in [5, 5.41) is 7.46. The van der Waals surface area contributed by atoms with Crippen LogP contribution < -0.4 is 21.5 Å². The Morgan fingerprint density at radius 2 is 1.77 bits per heavy atom. The Labute approximate surface area is 214 Å². The molecule has 0 saturated heterocycles. The first-order valence-corrected chi connectivity index (χ1v) is 12.0. The Morgan fingerprint density at radius 3 is 2.29 bits per heavy atom. The van der Waals surface area contributed by atoms with Crippen molar-refractivity contribution in [1.82, 2.24) is 14.1 Å². The fourth-order valence-corrected chi connectivity index (χ4v) is 3.04. The number of rotatable bonds is 7. The van der Waals surface area contributed by atoms with Gasteiger partial charge in [-0.05, 0) is 56.1 Å². The van der Waals surface area contributed by atoms with Crippen molar-refractivity contribution in [3.63, 3.8) is 0 Å². The van der Waals surface area contributed by atoms with E-state index in [-0.39, 0.29) is 0 Å². The molecule has 3 rings (SSSR count). The molecule has 0 spiro atoms. The molecule has 9 heteroatoms. The van der Waals surface area contributed by atoms with E-state index in [2.05, 4.69) is 66.8 Å². The van der Waals surface area contributed by atoms with Gasteiger partial charge in [-0.3, -0.25) is 9.80 Å².